The second-order valence-electron chi connectivity index (χ2n) is 7.86. The van der Waals surface area contributed by atoms with Gasteiger partial charge in [0, 0.05) is 17.1 Å². The van der Waals surface area contributed by atoms with Gasteiger partial charge in [-0.3, -0.25) is 14.6 Å². The summed E-state index contributed by atoms with van der Waals surface area (Å²) in [6.45, 7) is 4.09. The van der Waals surface area contributed by atoms with Crippen molar-refractivity contribution in [1.29, 1.82) is 0 Å². The number of piperidine rings is 1. The highest BCUT2D eigenvalue weighted by Gasteiger charge is 2.20. The summed E-state index contributed by atoms with van der Waals surface area (Å²) in [5.41, 5.74) is 4.14. The minimum Gasteiger partial charge on any atom is -0.311 e. The highest BCUT2D eigenvalue weighted by Crippen LogP contribution is 2.28. The van der Waals surface area contributed by atoms with Gasteiger partial charge in [0.2, 0.25) is 0 Å². The molecule has 0 unspecified atom stereocenters. The van der Waals surface area contributed by atoms with Crippen molar-refractivity contribution in [1.82, 2.24) is 29.3 Å². The number of carbonyl (C=O) groups is 1. The molecule has 2 N–H and O–H groups in total. The van der Waals surface area contributed by atoms with E-state index in [1.807, 2.05) is 37.4 Å². The number of amides is 1. The van der Waals surface area contributed by atoms with Gasteiger partial charge in [-0.2, -0.15) is 14.6 Å². The molecule has 3 aromatic heterocycles. The van der Waals surface area contributed by atoms with E-state index in [1.54, 1.807) is 0 Å². The number of nitrogens with zero attached hydrogens (tertiary/aromatic N) is 5. The summed E-state index contributed by atoms with van der Waals surface area (Å²) in [5.74, 6) is -0.246. The molecule has 0 aliphatic carbocycles. The van der Waals surface area contributed by atoms with Gasteiger partial charge in [0.1, 0.15) is 5.00 Å². The van der Waals surface area contributed by atoms with Gasteiger partial charge in [-0.15, -0.1) is 0 Å². The number of H-pyrrole nitrogens is 1. The Bertz CT molecular complexity index is 1200. The predicted octanol–water partition coefficient (Wildman–Crippen LogP) is 3.71. The van der Waals surface area contributed by atoms with Crippen LogP contribution < -0.4 is 5.32 Å². The van der Waals surface area contributed by atoms with Gasteiger partial charge in [0.15, 0.2) is 5.69 Å². The van der Waals surface area contributed by atoms with E-state index in [4.69, 9.17) is 0 Å². The first-order valence-electron chi connectivity index (χ1n) is 10.0. The first-order chi connectivity index (χ1) is 14.6. The summed E-state index contributed by atoms with van der Waals surface area (Å²) < 4.78 is 6.28. The molecule has 1 aliphatic heterocycles. The smallest absolute Gasteiger partial charge is 0.277 e. The molecule has 1 aliphatic rings. The van der Waals surface area contributed by atoms with Crippen molar-refractivity contribution in [2.75, 3.05) is 25.5 Å². The van der Waals surface area contributed by atoms with Crippen LogP contribution in [0.15, 0.2) is 36.7 Å². The number of carbonyl (C=O) groups excluding carboxylic acids is 1. The number of aryl methyl sites for hydroxylation is 1. The molecule has 0 saturated carbocycles. The molecule has 0 radical (unpaired) electrons. The molecular formula is C21H23N7OS. The molecule has 4 heterocycles. The minimum atomic E-state index is -0.246. The molecule has 0 spiro atoms. The van der Waals surface area contributed by atoms with Crippen LogP contribution >= 0.6 is 11.5 Å². The van der Waals surface area contributed by atoms with E-state index < -0.39 is 0 Å². The van der Waals surface area contributed by atoms with E-state index in [-0.39, 0.29) is 5.91 Å². The number of anilines is 1. The fourth-order valence-corrected chi connectivity index (χ4v) is 4.56. The van der Waals surface area contributed by atoms with Gasteiger partial charge in [0.25, 0.3) is 5.91 Å². The van der Waals surface area contributed by atoms with Gasteiger partial charge >= 0.3 is 0 Å². The molecule has 0 bridgehead atoms. The zero-order chi connectivity index (χ0) is 20.7. The van der Waals surface area contributed by atoms with E-state index in [1.165, 1.54) is 11.5 Å². The Morgan fingerprint density at radius 3 is 2.83 bits per heavy atom. The van der Waals surface area contributed by atoms with E-state index in [9.17, 15) is 4.79 Å². The maximum absolute atomic E-state index is 12.7. The lowest BCUT2D eigenvalue weighted by molar-refractivity contribution is 0.102. The number of nitrogens with one attached hydrogen (secondary N) is 2. The van der Waals surface area contributed by atoms with Crippen LogP contribution in [0.2, 0.25) is 0 Å². The van der Waals surface area contributed by atoms with Gasteiger partial charge in [0.05, 0.1) is 23.4 Å². The lowest BCUT2D eigenvalue weighted by Crippen LogP contribution is -2.31. The molecule has 30 heavy (non-hydrogen) atoms. The van der Waals surface area contributed by atoms with Crippen molar-refractivity contribution >= 4 is 33.3 Å². The van der Waals surface area contributed by atoms with Crippen molar-refractivity contribution in [2.24, 2.45) is 0 Å². The molecule has 154 valence electrons. The topological polar surface area (TPSA) is 91.7 Å². The van der Waals surface area contributed by atoms with Crippen LogP contribution in [-0.2, 0) is 0 Å². The summed E-state index contributed by atoms with van der Waals surface area (Å²) >= 11 is 1.26. The SMILES string of the molecule is Cc1cc(NC(=O)c2n[nH]c3ccc(-c4cnn(C5CCN(C)CC5)c4)cc23)sn1. The lowest BCUT2D eigenvalue weighted by atomic mass is 10.0. The Kier molecular flexibility index (Phi) is 4.84. The minimum absolute atomic E-state index is 0.246. The number of hydrogen-bond acceptors (Lipinski definition) is 6. The number of fused-ring (bicyclic) bond motifs is 1. The third-order valence-corrected chi connectivity index (χ3v) is 6.44. The molecular weight excluding hydrogens is 398 g/mol. The Hall–Kier alpha value is -3.04. The molecule has 8 nitrogen and oxygen atoms in total. The monoisotopic (exact) mass is 421 g/mol. The number of aromatic amines is 1. The van der Waals surface area contributed by atoms with Crippen LogP contribution in [-0.4, -0.2) is 55.3 Å². The molecule has 5 rings (SSSR count). The van der Waals surface area contributed by atoms with Crippen LogP contribution in [0.3, 0.4) is 0 Å². The number of rotatable bonds is 4. The van der Waals surface area contributed by atoms with E-state index in [0.717, 1.165) is 53.7 Å². The van der Waals surface area contributed by atoms with Crippen molar-refractivity contribution in [3.05, 3.63) is 48.0 Å². The van der Waals surface area contributed by atoms with Gasteiger partial charge in [-0.1, -0.05) is 6.07 Å². The number of benzene rings is 1. The fourth-order valence-electron chi connectivity index (χ4n) is 3.91. The summed E-state index contributed by atoms with van der Waals surface area (Å²) in [4.78, 5) is 15.1. The largest absolute Gasteiger partial charge is 0.311 e. The van der Waals surface area contributed by atoms with Crippen molar-refractivity contribution in [2.45, 2.75) is 25.8 Å². The zero-order valence-electron chi connectivity index (χ0n) is 16.9. The first-order valence-corrected chi connectivity index (χ1v) is 10.8. The highest BCUT2D eigenvalue weighted by atomic mass is 32.1. The maximum atomic E-state index is 12.7. The van der Waals surface area contributed by atoms with E-state index in [2.05, 4.69) is 47.8 Å². The Morgan fingerprint density at radius 1 is 1.23 bits per heavy atom. The third-order valence-electron chi connectivity index (χ3n) is 5.64. The van der Waals surface area contributed by atoms with Gasteiger partial charge in [-0.05, 0) is 75.2 Å². The molecule has 9 heteroatoms. The second kappa shape index (κ2) is 7.66. The van der Waals surface area contributed by atoms with E-state index >= 15 is 0 Å². The average molecular weight is 422 g/mol. The fraction of sp³-hybridized carbons (Fsp3) is 0.333. The number of aromatic nitrogens is 5. The molecule has 1 saturated heterocycles. The Balaban J connectivity index is 1.41. The van der Waals surface area contributed by atoms with Gasteiger partial charge < -0.3 is 10.2 Å². The second-order valence-corrected chi connectivity index (χ2v) is 8.67. The first kappa shape index (κ1) is 19.0. The summed E-state index contributed by atoms with van der Waals surface area (Å²) in [6, 6.07) is 8.28. The number of likely N-dealkylation sites (tertiary alicyclic amines) is 1. The average Bonchev–Trinajstić information content (AvgIpc) is 3.47. The van der Waals surface area contributed by atoms with Crippen molar-refractivity contribution < 1.29 is 4.79 Å². The molecule has 4 aromatic rings. The Labute approximate surface area is 178 Å². The van der Waals surface area contributed by atoms with Crippen molar-refractivity contribution in [3.8, 4) is 11.1 Å². The predicted molar refractivity (Wildman–Crippen MR) is 118 cm³/mol. The Morgan fingerprint density at radius 2 is 2.07 bits per heavy atom. The summed E-state index contributed by atoms with van der Waals surface area (Å²) in [6.07, 6.45) is 6.23. The maximum Gasteiger partial charge on any atom is 0.277 e. The van der Waals surface area contributed by atoms with Crippen LogP contribution in [0.5, 0.6) is 0 Å². The van der Waals surface area contributed by atoms with Crippen molar-refractivity contribution in [3.63, 3.8) is 0 Å². The molecule has 1 amide bonds. The van der Waals surface area contributed by atoms with Crippen LogP contribution in [0.25, 0.3) is 22.0 Å². The van der Waals surface area contributed by atoms with Crippen LogP contribution in [0.4, 0.5) is 5.00 Å². The zero-order valence-corrected chi connectivity index (χ0v) is 17.7. The third kappa shape index (κ3) is 3.61. The standard InChI is InChI=1S/C21H23N7OS/c1-13-9-19(30-26-13)23-21(29)20-17-10-14(3-4-18(17)24-25-20)15-11-22-28(12-15)16-5-7-27(2)8-6-16/h3-4,9-12,16H,5-8H2,1-2H3,(H,23,29)(H,24,25). The molecule has 1 aromatic carbocycles. The number of hydrogen-bond donors (Lipinski definition) is 2. The quantitative estimate of drug-likeness (QED) is 0.524. The summed E-state index contributed by atoms with van der Waals surface area (Å²) in [5, 5.41) is 16.2. The summed E-state index contributed by atoms with van der Waals surface area (Å²) in [7, 11) is 2.16. The van der Waals surface area contributed by atoms with E-state index in [0.29, 0.717) is 16.7 Å². The normalized spacial score (nSPS) is 15.7. The molecule has 0 atom stereocenters. The molecule has 1 fully saturated rings. The highest BCUT2D eigenvalue weighted by molar-refractivity contribution is 7.10. The van der Waals surface area contributed by atoms with Crippen LogP contribution in [0, 0.1) is 6.92 Å². The van der Waals surface area contributed by atoms with Crippen LogP contribution in [0.1, 0.15) is 35.1 Å². The lowest BCUT2D eigenvalue weighted by Gasteiger charge is -2.28. The van der Waals surface area contributed by atoms with Gasteiger partial charge in [-0.25, -0.2) is 0 Å².